The number of carbonyl (C=O) groups excluding carboxylic acids is 3. The lowest BCUT2D eigenvalue weighted by molar-refractivity contribution is -0.122. The van der Waals surface area contributed by atoms with Crippen molar-refractivity contribution in [1.82, 2.24) is 0 Å². The number of carbonyl (C=O) groups is 3. The Hall–Kier alpha value is -3.30. The summed E-state index contributed by atoms with van der Waals surface area (Å²) < 4.78 is 15.7. The topological polar surface area (TPSA) is 97.4 Å². The van der Waals surface area contributed by atoms with Gasteiger partial charge in [0.25, 0.3) is 0 Å². The lowest BCUT2D eigenvalue weighted by Crippen LogP contribution is -2.36. The Balaban J connectivity index is 1.53. The summed E-state index contributed by atoms with van der Waals surface area (Å²) in [7, 11) is 2.80. The number of hydrogen-bond donors (Lipinski definition) is 1. The Bertz CT molecular complexity index is 1100. The summed E-state index contributed by atoms with van der Waals surface area (Å²) in [5, 5.41) is 3.27. The highest BCUT2D eigenvalue weighted by molar-refractivity contribution is 6.31. The van der Waals surface area contributed by atoms with Gasteiger partial charge in [0.05, 0.1) is 50.3 Å². The normalized spacial score (nSPS) is 18.1. The van der Waals surface area contributed by atoms with Crippen molar-refractivity contribution in [3.63, 3.8) is 0 Å². The van der Waals surface area contributed by atoms with Crippen LogP contribution in [0, 0.1) is 5.92 Å². The molecule has 4 rings (SSSR count). The van der Waals surface area contributed by atoms with Gasteiger partial charge in [-0.05, 0) is 36.4 Å². The molecule has 2 aliphatic rings. The molecule has 2 aromatic rings. The van der Waals surface area contributed by atoms with Crippen LogP contribution in [-0.4, -0.2) is 64.9 Å². The number of rotatable bonds is 6. The number of nitrogens with zero attached hydrogens (tertiary/aromatic N) is 2. The van der Waals surface area contributed by atoms with Crippen molar-refractivity contribution in [2.75, 3.05) is 62.2 Å². The molecule has 2 amide bonds. The first-order valence-corrected chi connectivity index (χ1v) is 11.3. The van der Waals surface area contributed by atoms with E-state index < -0.39 is 11.9 Å². The number of esters is 1. The molecular formula is C24H26ClN3O6. The zero-order chi connectivity index (χ0) is 24.2. The highest BCUT2D eigenvalue weighted by Gasteiger charge is 2.37. The Morgan fingerprint density at radius 2 is 1.88 bits per heavy atom. The van der Waals surface area contributed by atoms with Crippen LogP contribution in [0.5, 0.6) is 5.75 Å². The lowest BCUT2D eigenvalue weighted by atomic mass is 10.1. The highest BCUT2D eigenvalue weighted by atomic mass is 35.5. The fourth-order valence-electron chi connectivity index (χ4n) is 4.16. The van der Waals surface area contributed by atoms with Crippen molar-refractivity contribution in [3.05, 3.63) is 47.0 Å². The molecule has 10 heteroatoms. The minimum Gasteiger partial charge on any atom is -0.495 e. The largest absolute Gasteiger partial charge is 0.495 e. The van der Waals surface area contributed by atoms with Crippen molar-refractivity contribution in [2.45, 2.75) is 6.42 Å². The summed E-state index contributed by atoms with van der Waals surface area (Å²) in [6.45, 7) is 2.80. The van der Waals surface area contributed by atoms with E-state index in [9.17, 15) is 14.4 Å². The van der Waals surface area contributed by atoms with Gasteiger partial charge in [0.2, 0.25) is 11.8 Å². The first-order valence-electron chi connectivity index (χ1n) is 10.9. The fourth-order valence-corrected chi connectivity index (χ4v) is 4.33. The quantitative estimate of drug-likeness (QED) is 0.625. The standard InChI is InChI=1S/C24H26ClN3O6/c1-32-21-6-3-16(25)12-20(21)28-14-15(11-22(28)29)23(30)26-19-5-4-17(13-18(19)24(31)33-2)27-7-9-34-10-8-27/h3-6,12-13,15H,7-11,14H2,1-2H3,(H,26,30). The average Bonchev–Trinajstić information content (AvgIpc) is 3.25. The number of ether oxygens (including phenoxy) is 3. The molecule has 2 heterocycles. The minimum atomic E-state index is -0.611. The number of morpholine rings is 1. The predicted octanol–water partition coefficient (Wildman–Crippen LogP) is 2.96. The van der Waals surface area contributed by atoms with Gasteiger partial charge in [-0.15, -0.1) is 0 Å². The number of hydrogen-bond acceptors (Lipinski definition) is 7. The molecule has 180 valence electrons. The molecule has 2 aliphatic heterocycles. The van der Waals surface area contributed by atoms with Gasteiger partial charge in [-0.2, -0.15) is 0 Å². The maximum Gasteiger partial charge on any atom is 0.340 e. The molecule has 0 aromatic heterocycles. The van der Waals surface area contributed by atoms with Crippen LogP contribution in [0.15, 0.2) is 36.4 Å². The molecule has 2 saturated heterocycles. The summed E-state index contributed by atoms with van der Waals surface area (Å²) in [5.41, 5.74) is 1.94. The molecule has 1 unspecified atom stereocenters. The molecule has 2 fully saturated rings. The van der Waals surface area contributed by atoms with Gasteiger partial charge in [-0.25, -0.2) is 4.79 Å². The van der Waals surface area contributed by atoms with E-state index >= 15 is 0 Å². The number of benzene rings is 2. The molecule has 0 spiro atoms. The molecule has 9 nitrogen and oxygen atoms in total. The van der Waals surface area contributed by atoms with Crippen LogP contribution >= 0.6 is 11.6 Å². The van der Waals surface area contributed by atoms with E-state index in [1.165, 1.54) is 19.1 Å². The van der Waals surface area contributed by atoms with Gasteiger partial charge in [0, 0.05) is 36.8 Å². The smallest absolute Gasteiger partial charge is 0.340 e. The van der Waals surface area contributed by atoms with Crippen molar-refractivity contribution < 1.29 is 28.6 Å². The number of anilines is 3. The number of halogens is 1. The molecule has 1 atom stereocenters. The molecule has 34 heavy (non-hydrogen) atoms. The summed E-state index contributed by atoms with van der Waals surface area (Å²) >= 11 is 6.11. The Morgan fingerprint density at radius 3 is 2.59 bits per heavy atom. The van der Waals surface area contributed by atoms with E-state index in [1.54, 1.807) is 30.3 Å². The fraction of sp³-hybridized carbons (Fsp3) is 0.375. The van der Waals surface area contributed by atoms with Crippen LogP contribution in [0.3, 0.4) is 0 Å². The van der Waals surface area contributed by atoms with Crippen LogP contribution in [0.4, 0.5) is 17.1 Å². The SMILES string of the molecule is COC(=O)c1cc(N2CCOCC2)ccc1NC(=O)C1CC(=O)N(c2cc(Cl)ccc2OC)C1. The third kappa shape index (κ3) is 4.95. The molecule has 2 aromatic carbocycles. The molecule has 1 N–H and O–H groups in total. The van der Waals surface area contributed by atoms with Gasteiger partial charge >= 0.3 is 5.97 Å². The van der Waals surface area contributed by atoms with Crippen LogP contribution in [0.1, 0.15) is 16.8 Å². The zero-order valence-electron chi connectivity index (χ0n) is 19.0. The van der Waals surface area contributed by atoms with Gasteiger partial charge in [0.1, 0.15) is 5.75 Å². The second-order valence-electron chi connectivity index (χ2n) is 8.03. The number of nitrogens with one attached hydrogen (secondary N) is 1. The van der Waals surface area contributed by atoms with Crippen molar-refractivity contribution in [1.29, 1.82) is 0 Å². The van der Waals surface area contributed by atoms with Crippen molar-refractivity contribution in [3.8, 4) is 5.75 Å². The van der Waals surface area contributed by atoms with E-state index in [2.05, 4.69) is 10.2 Å². The first kappa shape index (κ1) is 23.8. The third-order valence-electron chi connectivity index (χ3n) is 5.97. The predicted molar refractivity (Wildman–Crippen MR) is 128 cm³/mol. The van der Waals surface area contributed by atoms with Gasteiger partial charge in [-0.1, -0.05) is 11.6 Å². The Labute approximate surface area is 202 Å². The molecule has 0 saturated carbocycles. The molecular weight excluding hydrogens is 462 g/mol. The number of methoxy groups -OCH3 is 2. The molecule has 0 bridgehead atoms. The monoisotopic (exact) mass is 487 g/mol. The maximum atomic E-state index is 13.1. The van der Waals surface area contributed by atoms with E-state index in [0.29, 0.717) is 48.5 Å². The highest BCUT2D eigenvalue weighted by Crippen LogP contribution is 2.35. The molecule has 0 aliphatic carbocycles. The first-order chi connectivity index (χ1) is 16.4. The second kappa shape index (κ2) is 10.3. The maximum absolute atomic E-state index is 13.1. The average molecular weight is 488 g/mol. The van der Waals surface area contributed by atoms with E-state index in [0.717, 1.165) is 5.69 Å². The lowest BCUT2D eigenvalue weighted by Gasteiger charge is -2.29. The van der Waals surface area contributed by atoms with Crippen LogP contribution in [0.2, 0.25) is 5.02 Å². The third-order valence-corrected chi connectivity index (χ3v) is 6.21. The Kier molecular flexibility index (Phi) is 7.23. The van der Waals surface area contributed by atoms with E-state index in [4.69, 9.17) is 25.8 Å². The van der Waals surface area contributed by atoms with Crippen molar-refractivity contribution >= 4 is 46.4 Å². The molecule has 0 radical (unpaired) electrons. The van der Waals surface area contributed by atoms with Gasteiger partial charge in [0.15, 0.2) is 0 Å². The van der Waals surface area contributed by atoms with Crippen molar-refractivity contribution in [2.24, 2.45) is 5.92 Å². The number of amides is 2. The van der Waals surface area contributed by atoms with Crippen LogP contribution in [-0.2, 0) is 19.1 Å². The minimum absolute atomic E-state index is 0.0287. The Morgan fingerprint density at radius 1 is 1.12 bits per heavy atom. The summed E-state index contributed by atoms with van der Waals surface area (Å²) in [5.74, 6) is -1.25. The van der Waals surface area contributed by atoms with Gasteiger partial charge < -0.3 is 29.3 Å². The summed E-state index contributed by atoms with van der Waals surface area (Å²) in [6.07, 6.45) is 0.0287. The van der Waals surface area contributed by atoms with Crippen LogP contribution in [0.25, 0.3) is 0 Å². The summed E-state index contributed by atoms with van der Waals surface area (Å²) in [6, 6.07) is 10.2. The van der Waals surface area contributed by atoms with E-state index in [1.807, 2.05) is 6.07 Å². The van der Waals surface area contributed by atoms with Gasteiger partial charge in [-0.3, -0.25) is 9.59 Å². The zero-order valence-corrected chi connectivity index (χ0v) is 19.8. The summed E-state index contributed by atoms with van der Waals surface area (Å²) in [4.78, 5) is 41.9. The second-order valence-corrected chi connectivity index (χ2v) is 8.47. The van der Waals surface area contributed by atoms with E-state index in [-0.39, 0.29) is 30.3 Å². The van der Waals surface area contributed by atoms with Crippen LogP contribution < -0.4 is 19.9 Å².